The lowest BCUT2D eigenvalue weighted by Gasteiger charge is -2.43. The van der Waals surface area contributed by atoms with Crippen LogP contribution in [0, 0.1) is 5.92 Å². The minimum atomic E-state index is -0.00299. The fourth-order valence-electron chi connectivity index (χ4n) is 4.56. The van der Waals surface area contributed by atoms with Crippen molar-refractivity contribution in [3.05, 3.63) is 77.9 Å². The minimum absolute atomic E-state index is 0.00299. The molecule has 0 N–H and O–H groups in total. The lowest BCUT2D eigenvalue weighted by molar-refractivity contribution is -0.143. The van der Waals surface area contributed by atoms with Crippen molar-refractivity contribution in [1.29, 1.82) is 0 Å². The van der Waals surface area contributed by atoms with Gasteiger partial charge in [0.1, 0.15) is 0 Å². The number of hydrogen-bond acceptors (Lipinski definition) is 3. The van der Waals surface area contributed by atoms with E-state index < -0.39 is 0 Å². The van der Waals surface area contributed by atoms with Crippen molar-refractivity contribution in [2.45, 2.75) is 18.9 Å². The average molecular weight is 418 g/mol. The van der Waals surface area contributed by atoms with Crippen LogP contribution in [0.4, 0.5) is 0 Å². The monoisotopic (exact) mass is 417 g/mol. The van der Waals surface area contributed by atoms with Gasteiger partial charge in [-0.05, 0) is 37.1 Å². The molecular formula is C26H31N3O2. The average Bonchev–Trinajstić information content (AvgIpc) is 2.83. The summed E-state index contributed by atoms with van der Waals surface area (Å²) in [5.41, 5.74) is 2.21. The van der Waals surface area contributed by atoms with Crippen molar-refractivity contribution >= 4 is 17.9 Å². The zero-order valence-electron chi connectivity index (χ0n) is 18.2. The van der Waals surface area contributed by atoms with Crippen LogP contribution in [0.2, 0.25) is 0 Å². The molecule has 1 unspecified atom stereocenters. The van der Waals surface area contributed by atoms with Gasteiger partial charge in [0, 0.05) is 44.7 Å². The highest BCUT2D eigenvalue weighted by atomic mass is 16.2. The summed E-state index contributed by atoms with van der Waals surface area (Å²) >= 11 is 0. The molecule has 0 bridgehead atoms. The molecule has 5 heteroatoms. The normalized spacial score (nSPS) is 20.9. The van der Waals surface area contributed by atoms with Gasteiger partial charge in [0.15, 0.2) is 0 Å². The number of carbonyl (C=O) groups is 2. The summed E-state index contributed by atoms with van der Waals surface area (Å²) in [6, 6.07) is 20.3. The van der Waals surface area contributed by atoms with Gasteiger partial charge in [0.2, 0.25) is 11.8 Å². The van der Waals surface area contributed by atoms with Gasteiger partial charge in [-0.3, -0.25) is 9.59 Å². The van der Waals surface area contributed by atoms with Crippen LogP contribution >= 0.6 is 0 Å². The SMILES string of the molecule is CN1CCN(C(=O)C2CCN(C(=O)/C=C/c3ccccc3)CC2)C(c2ccccc2)C1. The molecule has 2 fully saturated rings. The molecule has 0 saturated carbocycles. The summed E-state index contributed by atoms with van der Waals surface area (Å²) in [4.78, 5) is 32.2. The van der Waals surface area contributed by atoms with E-state index in [0.29, 0.717) is 13.1 Å². The number of benzene rings is 2. The molecule has 1 atom stereocenters. The van der Waals surface area contributed by atoms with Crippen molar-refractivity contribution in [1.82, 2.24) is 14.7 Å². The van der Waals surface area contributed by atoms with Gasteiger partial charge in [0.05, 0.1) is 6.04 Å². The van der Waals surface area contributed by atoms with Crippen LogP contribution in [0.3, 0.4) is 0 Å². The fraction of sp³-hybridized carbons (Fsp3) is 0.385. The Hall–Kier alpha value is -2.92. The second-order valence-corrected chi connectivity index (χ2v) is 8.56. The second kappa shape index (κ2) is 9.92. The number of likely N-dealkylation sites (N-methyl/N-ethyl adjacent to an activating group) is 1. The number of amides is 2. The first kappa shape index (κ1) is 21.3. The van der Waals surface area contributed by atoms with Crippen molar-refractivity contribution in [2.24, 2.45) is 5.92 Å². The van der Waals surface area contributed by atoms with Crippen LogP contribution in [-0.2, 0) is 9.59 Å². The molecule has 4 rings (SSSR count). The van der Waals surface area contributed by atoms with E-state index in [1.165, 1.54) is 5.56 Å². The van der Waals surface area contributed by atoms with Gasteiger partial charge in [-0.2, -0.15) is 0 Å². The maximum atomic E-state index is 13.4. The predicted octanol–water partition coefficient (Wildman–Crippen LogP) is 3.45. The smallest absolute Gasteiger partial charge is 0.246 e. The highest BCUT2D eigenvalue weighted by molar-refractivity contribution is 5.92. The van der Waals surface area contributed by atoms with Gasteiger partial charge in [-0.1, -0.05) is 60.7 Å². The Morgan fingerprint density at radius 2 is 1.52 bits per heavy atom. The molecule has 2 aromatic carbocycles. The Kier molecular flexibility index (Phi) is 6.82. The highest BCUT2D eigenvalue weighted by Crippen LogP contribution is 2.29. The largest absolute Gasteiger partial charge is 0.339 e. The van der Waals surface area contributed by atoms with E-state index >= 15 is 0 Å². The summed E-state index contributed by atoms with van der Waals surface area (Å²) in [5.74, 6) is 0.266. The minimum Gasteiger partial charge on any atom is -0.339 e. The molecule has 5 nitrogen and oxygen atoms in total. The number of rotatable bonds is 4. The van der Waals surface area contributed by atoms with Crippen LogP contribution in [0.5, 0.6) is 0 Å². The summed E-state index contributed by atoms with van der Waals surface area (Å²) in [5, 5.41) is 0. The third-order valence-electron chi connectivity index (χ3n) is 6.42. The number of carbonyl (C=O) groups excluding carboxylic acids is 2. The maximum absolute atomic E-state index is 13.4. The molecule has 2 saturated heterocycles. The van der Waals surface area contributed by atoms with Gasteiger partial charge in [-0.25, -0.2) is 0 Å². The highest BCUT2D eigenvalue weighted by Gasteiger charge is 2.35. The number of hydrogen-bond donors (Lipinski definition) is 0. The van der Waals surface area contributed by atoms with Crippen LogP contribution < -0.4 is 0 Å². The molecule has 0 aromatic heterocycles. The van der Waals surface area contributed by atoms with Crippen molar-refractivity contribution in [2.75, 3.05) is 39.8 Å². The van der Waals surface area contributed by atoms with Crippen molar-refractivity contribution in [3.8, 4) is 0 Å². The summed E-state index contributed by atoms with van der Waals surface area (Å²) in [6.45, 7) is 3.79. The number of nitrogens with zero attached hydrogens (tertiary/aromatic N) is 3. The Labute approximate surface area is 184 Å². The van der Waals surface area contributed by atoms with Crippen LogP contribution in [0.25, 0.3) is 6.08 Å². The molecule has 2 amide bonds. The lowest BCUT2D eigenvalue weighted by Crippen LogP contribution is -2.52. The first-order valence-electron chi connectivity index (χ1n) is 11.2. The lowest BCUT2D eigenvalue weighted by atomic mass is 9.92. The van der Waals surface area contributed by atoms with E-state index in [1.807, 2.05) is 59.5 Å². The summed E-state index contributed by atoms with van der Waals surface area (Å²) in [7, 11) is 2.12. The van der Waals surface area contributed by atoms with Gasteiger partial charge in [-0.15, -0.1) is 0 Å². The summed E-state index contributed by atoms with van der Waals surface area (Å²) in [6.07, 6.45) is 4.97. The Bertz CT molecular complexity index is 905. The number of likely N-dealkylation sites (tertiary alicyclic amines) is 1. The first-order chi connectivity index (χ1) is 15.1. The predicted molar refractivity (Wildman–Crippen MR) is 123 cm³/mol. The van der Waals surface area contributed by atoms with Crippen molar-refractivity contribution < 1.29 is 9.59 Å². The Morgan fingerprint density at radius 1 is 0.871 bits per heavy atom. The zero-order valence-corrected chi connectivity index (χ0v) is 18.2. The van der Waals surface area contributed by atoms with Gasteiger partial charge in [0.25, 0.3) is 0 Å². The molecule has 2 aromatic rings. The maximum Gasteiger partial charge on any atom is 0.246 e. The third kappa shape index (κ3) is 5.23. The zero-order chi connectivity index (χ0) is 21.6. The van der Waals surface area contributed by atoms with E-state index in [4.69, 9.17) is 0 Å². The number of piperidine rings is 1. The fourth-order valence-corrected chi connectivity index (χ4v) is 4.56. The summed E-state index contributed by atoms with van der Waals surface area (Å²) < 4.78 is 0. The van der Waals surface area contributed by atoms with Crippen LogP contribution in [0.15, 0.2) is 66.7 Å². The topological polar surface area (TPSA) is 43.9 Å². The second-order valence-electron chi connectivity index (χ2n) is 8.56. The first-order valence-corrected chi connectivity index (χ1v) is 11.2. The van der Waals surface area contributed by atoms with Gasteiger partial charge < -0.3 is 14.7 Å². The molecule has 2 heterocycles. The molecule has 162 valence electrons. The van der Waals surface area contributed by atoms with Crippen LogP contribution in [0.1, 0.15) is 30.0 Å². The Morgan fingerprint density at radius 3 is 2.19 bits per heavy atom. The number of piperazine rings is 1. The van der Waals surface area contributed by atoms with E-state index in [1.54, 1.807) is 6.08 Å². The van der Waals surface area contributed by atoms with Gasteiger partial charge >= 0.3 is 0 Å². The van der Waals surface area contributed by atoms with E-state index in [0.717, 1.165) is 38.0 Å². The molecule has 0 radical (unpaired) electrons. The van der Waals surface area contributed by atoms with E-state index in [2.05, 4.69) is 29.0 Å². The van der Waals surface area contributed by atoms with Crippen molar-refractivity contribution in [3.63, 3.8) is 0 Å². The molecule has 2 aliphatic rings. The van der Waals surface area contributed by atoms with E-state index in [9.17, 15) is 9.59 Å². The van der Waals surface area contributed by atoms with E-state index in [-0.39, 0.29) is 23.8 Å². The third-order valence-corrected chi connectivity index (χ3v) is 6.42. The quantitative estimate of drug-likeness (QED) is 0.716. The standard InChI is InChI=1S/C26H31N3O2/c1-27-18-19-29(24(20-27)22-10-6-3-7-11-22)26(31)23-14-16-28(17-15-23)25(30)13-12-21-8-4-2-5-9-21/h2-13,23-24H,14-20H2,1H3/b13-12+. The molecular weight excluding hydrogens is 386 g/mol. The molecule has 0 aliphatic carbocycles. The Balaban J connectivity index is 1.36. The molecule has 0 spiro atoms. The molecule has 31 heavy (non-hydrogen) atoms. The molecule has 2 aliphatic heterocycles. The van der Waals surface area contributed by atoms with Crippen LogP contribution in [-0.4, -0.2) is 66.3 Å².